The summed E-state index contributed by atoms with van der Waals surface area (Å²) in [6, 6.07) is 8.93. The van der Waals surface area contributed by atoms with Crippen molar-refractivity contribution in [3.05, 3.63) is 70.3 Å². The molecule has 2 unspecified atom stereocenters. The van der Waals surface area contributed by atoms with Gasteiger partial charge < -0.3 is 5.73 Å². The third-order valence-electron chi connectivity index (χ3n) is 6.48. The summed E-state index contributed by atoms with van der Waals surface area (Å²) < 4.78 is 0. The smallest absolute Gasteiger partial charge is 0.159 e. The number of nitrogens with zero attached hydrogens (tertiary/aromatic N) is 4. The minimum Gasteiger partial charge on any atom is -0.398 e. The topological polar surface area (TPSA) is 76.5 Å². The molecule has 1 aromatic carbocycles. The highest BCUT2D eigenvalue weighted by Gasteiger charge is 2.25. The molecule has 5 heteroatoms. The van der Waals surface area contributed by atoms with Crippen molar-refractivity contribution < 1.29 is 0 Å². The average molecular weight is 412 g/mol. The van der Waals surface area contributed by atoms with Crippen LogP contribution in [0.15, 0.2) is 52.1 Å². The van der Waals surface area contributed by atoms with Crippen LogP contribution in [0.4, 0.5) is 5.82 Å². The lowest BCUT2D eigenvalue weighted by Gasteiger charge is -2.20. The van der Waals surface area contributed by atoms with E-state index in [1.54, 1.807) is 0 Å². The van der Waals surface area contributed by atoms with E-state index in [2.05, 4.69) is 49.2 Å². The Morgan fingerprint density at radius 1 is 1.13 bits per heavy atom. The second kappa shape index (κ2) is 8.22. The Hall–Kier alpha value is -3.08. The summed E-state index contributed by atoms with van der Waals surface area (Å²) >= 11 is 0. The van der Waals surface area contributed by atoms with E-state index in [9.17, 15) is 0 Å². The van der Waals surface area contributed by atoms with Crippen LogP contribution in [0.25, 0.3) is 5.57 Å². The lowest BCUT2D eigenvalue weighted by atomic mass is 9.93. The second-order valence-electron chi connectivity index (χ2n) is 8.71. The molecular formula is C26H29N5. The standard InChI is InChI=1S/C26H29N5/c1-3-22-17-7-4-5-8-18(17)23(29-22)12-13-24-19-9-6-14-28-25(19)31-26(30-24)20-15-16(2)10-11-21(20)27/h4-5,7-8,10-11,14,16,22H,3,6,9,12-13,15,27H2,1-2H3. The van der Waals surface area contributed by atoms with E-state index in [4.69, 9.17) is 20.7 Å². The van der Waals surface area contributed by atoms with Crippen molar-refractivity contribution in [1.82, 2.24) is 9.97 Å². The summed E-state index contributed by atoms with van der Waals surface area (Å²) in [5, 5.41) is 0. The van der Waals surface area contributed by atoms with Gasteiger partial charge in [0.25, 0.3) is 0 Å². The molecule has 5 nitrogen and oxygen atoms in total. The molecule has 0 spiro atoms. The molecule has 0 saturated heterocycles. The monoisotopic (exact) mass is 411 g/mol. The number of aryl methyl sites for hydroxylation is 1. The summed E-state index contributed by atoms with van der Waals surface area (Å²) in [6.07, 6.45) is 11.6. The maximum Gasteiger partial charge on any atom is 0.159 e. The number of nitrogens with two attached hydrogens (primary N) is 1. The number of aliphatic imine (C=N–C) groups is 2. The molecule has 0 saturated carbocycles. The SMILES string of the molecule is CCC1N=C(CCc2nc(C3=C(N)C=CC(C)C3)nc3c2CCC=N3)c2ccccc21. The third kappa shape index (κ3) is 3.73. The first-order chi connectivity index (χ1) is 15.1. The highest BCUT2D eigenvalue weighted by atomic mass is 15.0. The molecule has 2 N–H and O–H groups in total. The molecular weight excluding hydrogens is 382 g/mol. The lowest BCUT2D eigenvalue weighted by molar-refractivity contribution is 0.714. The van der Waals surface area contributed by atoms with Crippen LogP contribution < -0.4 is 5.73 Å². The molecule has 5 rings (SSSR count). The van der Waals surface area contributed by atoms with Crippen LogP contribution >= 0.6 is 0 Å². The van der Waals surface area contributed by atoms with Gasteiger partial charge in [-0.2, -0.15) is 0 Å². The number of aromatic nitrogens is 2. The van der Waals surface area contributed by atoms with Crippen molar-refractivity contribution in [1.29, 1.82) is 0 Å². The summed E-state index contributed by atoms with van der Waals surface area (Å²) in [5.41, 5.74) is 14.3. The van der Waals surface area contributed by atoms with Gasteiger partial charge in [-0.3, -0.25) is 4.99 Å². The number of hydrogen-bond donors (Lipinski definition) is 1. The highest BCUT2D eigenvalue weighted by Crippen LogP contribution is 2.35. The molecule has 0 bridgehead atoms. The Bertz CT molecular complexity index is 1140. The fourth-order valence-corrected chi connectivity index (χ4v) is 4.80. The fraction of sp³-hybridized carbons (Fsp3) is 0.385. The molecule has 31 heavy (non-hydrogen) atoms. The van der Waals surface area contributed by atoms with Crippen LogP contribution in [-0.4, -0.2) is 21.9 Å². The summed E-state index contributed by atoms with van der Waals surface area (Å²) in [6.45, 7) is 4.40. The van der Waals surface area contributed by atoms with Crippen LogP contribution in [0.5, 0.6) is 0 Å². The van der Waals surface area contributed by atoms with Crippen molar-refractivity contribution in [2.24, 2.45) is 21.6 Å². The van der Waals surface area contributed by atoms with Gasteiger partial charge in [-0.25, -0.2) is 15.0 Å². The molecule has 0 fully saturated rings. The first-order valence-corrected chi connectivity index (χ1v) is 11.4. The Morgan fingerprint density at radius 3 is 2.87 bits per heavy atom. The van der Waals surface area contributed by atoms with Gasteiger partial charge >= 0.3 is 0 Å². The molecule has 0 amide bonds. The van der Waals surface area contributed by atoms with E-state index < -0.39 is 0 Å². The Morgan fingerprint density at radius 2 is 2.00 bits per heavy atom. The first kappa shape index (κ1) is 19.9. The Labute approximate surface area is 184 Å². The molecule has 3 aliphatic rings. The van der Waals surface area contributed by atoms with Crippen molar-refractivity contribution in [2.75, 3.05) is 0 Å². The van der Waals surface area contributed by atoms with E-state index in [0.717, 1.165) is 67.1 Å². The van der Waals surface area contributed by atoms with E-state index in [1.165, 1.54) is 22.4 Å². The normalized spacial score (nSPS) is 21.8. The molecule has 2 atom stereocenters. The third-order valence-corrected chi connectivity index (χ3v) is 6.48. The molecule has 1 aliphatic carbocycles. The van der Waals surface area contributed by atoms with Crippen molar-refractivity contribution in [2.45, 2.75) is 58.4 Å². The zero-order valence-corrected chi connectivity index (χ0v) is 18.3. The number of allylic oxidation sites excluding steroid dienone is 3. The minimum absolute atomic E-state index is 0.283. The van der Waals surface area contributed by atoms with Gasteiger partial charge in [0, 0.05) is 34.3 Å². The molecule has 3 heterocycles. The lowest BCUT2D eigenvalue weighted by Crippen LogP contribution is -2.14. The molecule has 2 aromatic rings. The van der Waals surface area contributed by atoms with E-state index in [0.29, 0.717) is 5.92 Å². The van der Waals surface area contributed by atoms with Gasteiger partial charge in [0.1, 0.15) is 0 Å². The summed E-state index contributed by atoms with van der Waals surface area (Å²) in [7, 11) is 0. The number of hydrogen-bond acceptors (Lipinski definition) is 5. The second-order valence-corrected chi connectivity index (χ2v) is 8.71. The summed E-state index contributed by atoms with van der Waals surface area (Å²) in [4.78, 5) is 19.5. The number of rotatable bonds is 5. The van der Waals surface area contributed by atoms with Gasteiger partial charge in [0.2, 0.25) is 0 Å². The molecule has 158 valence electrons. The minimum atomic E-state index is 0.283. The zero-order valence-electron chi connectivity index (χ0n) is 18.3. The Balaban J connectivity index is 1.48. The fourth-order valence-electron chi connectivity index (χ4n) is 4.80. The molecule has 0 radical (unpaired) electrons. The predicted octanol–water partition coefficient (Wildman–Crippen LogP) is 5.28. The summed E-state index contributed by atoms with van der Waals surface area (Å²) in [5.74, 6) is 1.99. The maximum atomic E-state index is 6.31. The molecule has 2 aliphatic heterocycles. The Kier molecular flexibility index (Phi) is 5.26. The highest BCUT2D eigenvalue weighted by molar-refractivity contribution is 6.04. The quantitative estimate of drug-likeness (QED) is 0.727. The number of fused-ring (bicyclic) bond motifs is 2. The van der Waals surface area contributed by atoms with Crippen LogP contribution in [0, 0.1) is 5.92 Å². The van der Waals surface area contributed by atoms with Gasteiger partial charge in [-0.15, -0.1) is 0 Å². The zero-order chi connectivity index (χ0) is 21.4. The van der Waals surface area contributed by atoms with Crippen LogP contribution in [0.2, 0.25) is 0 Å². The number of benzene rings is 1. The average Bonchev–Trinajstić information content (AvgIpc) is 3.17. The van der Waals surface area contributed by atoms with Crippen molar-refractivity contribution in [3.63, 3.8) is 0 Å². The van der Waals surface area contributed by atoms with E-state index in [1.807, 2.05) is 12.3 Å². The first-order valence-electron chi connectivity index (χ1n) is 11.4. The molecule has 1 aromatic heterocycles. The van der Waals surface area contributed by atoms with Gasteiger partial charge in [-0.1, -0.05) is 44.2 Å². The maximum absolute atomic E-state index is 6.31. The van der Waals surface area contributed by atoms with Crippen molar-refractivity contribution >= 4 is 23.3 Å². The predicted molar refractivity (Wildman–Crippen MR) is 127 cm³/mol. The largest absolute Gasteiger partial charge is 0.398 e. The van der Waals surface area contributed by atoms with Crippen LogP contribution in [0.3, 0.4) is 0 Å². The van der Waals surface area contributed by atoms with E-state index in [-0.39, 0.29) is 6.04 Å². The van der Waals surface area contributed by atoms with Crippen molar-refractivity contribution in [3.8, 4) is 0 Å². The van der Waals surface area contributed by atoms with E-state index >= 15 is 0 Å². The van der Waals surface area contributed by atoms with Crippen LogP contribution in [-0.2, 0) is 12.8 Å². The van der Waals surface area contributed by atoms with Gasteiger partial charge in [0.15, 0.2) is 11.6 Å². The van der Waals surface area contributed by atoms with Gasteiger partial charge in [-0.05, 0) is 56.1 Å². The van der Waals surface area contributed by atoms with Crippen LogP contribution in [0.1, 0.15) is 73.8 Å². The van der Waals surface area contributed by atoms with Gasteiger partial charge in [0.05, 0.1) is 11.7 Å².